The van der Waals surface area contributed by atoms with Gasteiger partial charge in [0.15, 0.2) is 5.96 Å². The summed E-state index contributed by atoms with van der Waals surface area (Å²) in [6.07, 6.45) is 7.58. The Balaban J connectivity index is 0.00000208. The van der Waals surface area contributed by atoms with Crippen LogP contribution in [-0.2, 0) is 6.54 Å². The highest BCUT2D eigenvalue weighted by molar-refractivity contribution is 14.0. The molecule has 0 bridgehead atoms. The predicted molar refractivity (Wildman–Crippen MR) is 114 cm³/mol. The molecular formula is C16H23IN4OS2. The molecule has 8 heteroatoms. The Kier molecular flexibility index (Phi) is 7.89. The molecule has 1 saturated carbocycles. The van der Waals surface area contributed by atoms with Crippen LogP contribution >= 0.6 is 47.1 Å². The van der Waals surface area contributed by atoms with Gasteiger partial charge in [0.2, 0.25) is 5.89 Å². The van der Waals surface area contributed by atoms with Crippen LogP contribution in [-0.4, -0.2) is 35.5 Å². The summed E-state index contributed by atoms with van der Waals surface area (Å²) in [4.78, 5) is 9.87. The number of hydrogen-bond acceptors (Lipinski definition) is 5. The average Bonchev–Trinajstić information content (AvgIpc) is 3.31. The fourth-order valence-corrected chi connectivity index (χ4v) is 4.20. The van der Waals surface area contributed by atoms with Gasteiger partial charge < -0.3 is 15.1 Å². The van der Waals surface area contributed by atoms with Crippen molar-refractivity contribution >= 4 is 53.0 Å². The number of oxazole rings is 1. The molecule has 1 aliphatic carbocycles. The molecule has 1 aliphatic rings. The highest BCUT2D eigenvalue weighted by Gasteiger charge is 2.24. The van der Waals surface area contributed by atoms with Crippen LogP contribution in [0.25, 0.3) is 10.8 Å². The first-order chi connectivity index (χ1) is 11.3. The van der Waals surface area contributed by atoms with Gasteiger partial charge in [-0.05, 0) is 37.0 Å². The molecule has 0 aromatic carbocycles. The quantitative estimate of drug-likeness (QED) is 0.387. The minimum absolute atomic E-state index is 0. The van der Waals surface area contributed by atoms with Crippen molar-refractivity contribution in [3.63, 3.8) is 0 Å². The van der Waals surface area contributed by atoms with E-state index in [2.05, 4.69) is 26.9 Å². The molecule has 132 valence electrons. The van der Waals surface area contributed by atoms with Gasteiger partial charge in [-0.15, -0.1) is 35.3 Å². The van der Waals surface area contributed by atoms with Crippen LogP contribution in [0.15, 0.2) is 33.2 Å². The molecule has 0 amide bonds. The van der Waals surface area contributed by atoms with Gasteiger partial charge >= 0.3 is 0 Å². The van der Waals surface area contributed by atoms with Crippen LogP contribution in [0.5, 0.6) is 0 Å². The summed E-state index contributed by atoms with van der Waals surface area (Å²) < 4.78 is 5.53. The second-order valence-corrected chi connectivity index (χ2v) is 7.64. The Hall–Kier alpha value is -0.740. The standard InChI is InChI=1S/C16H22N4OS2.HI/c1-17-16(20-11-5-6-13(8-11)22-2)18-9-12-10-21-15(19-12)14-4-3-7-23-14;/h3-4,7,10-11,13H,5-6,8-9H2,1-2H3,(H2,17,18,20);1H. The monoisotopic (exact) mass is 478 g/mol. The number of nitrogens with zero attached hydrogens (tertiary/aromatic N) is 2. The summed E-state index contributed by atoms with van der Waals surface area (Å²) in [5, 5.41) is 9.61. The number of halogens is 1. The van der Waals surface area contributed by atoms with Crippen molar-refractivity contribution in [1.29, 1.82) is 0 Å². The van der Waals surface area contributed by atoms with E-state index in [1.807, 2.05) is 29.3 Å². The molecule has 0 saturated heterocycles. The maximum absolute atomic E-state index is 5.53. The van der Waals surface area contributed by atoms with Crippen molar-refractivity contribution in [3.05, 3.63) is 29.5 Å². The second kappa shape index (κ2) is 9.67. The lowest BCUT2D eigenvalue weighted by Gasteiger charge is -2.16. The molecule has 2 heterocycles. The SMILES string of the molecule is CN=C(NCc1coc(-c2cccs2)n1)NC1CCC(SC)C1.I. The second-order valence-electron chi connectivity index (χ2n) is 5.56. The molecule has 0 spiro atoms. The maximum Gasteiger partial charge on any atom is 0.236 e. The summed E-state index contributed by atoms with van der Waals surface area (Å²) in [6.45, 7) is 0.604. The van der Waals surface area contributed by atoms with Crippen molar-refractivity contribution in [2.45, 2.75) is 37.1 Å². The van der Waals surface area contributed by atoms with E-state index >= 15 is 0 Å². The molecule has 2 aromatic rings. The fraction of sp³-hybridized carbons (Fsp3) is 0.500. The lowest BCUT2D eigenvalue weighted by Crippen LogP contribution is -2.42. The maximum atomic E-state index is 5.53. The van der Waals surface area contributed by atoms with Gasteiger partial charge in [0, 0.05) is 18.3 Å². The Bertz CT molecular complexity index is 644. The number of hydrogen-bond donors (Lipinski definition) is 2. The number of aliphatic imine (C=N–C) groups is 1. The minimum atomic E-state index is 0. The smallest absolute Gasteiger partial charge is 0.236 e. The van der Waals surface area contributed by atoms with E-state index < -0.39 is 0 Å². The van der Waals surface area contributed by atoms with E-state index in [0.717, 1.165) is 21.8 Å². The van der Waals surface area contributed by atoms with E-state index in [1.54, 1.807) is 24.6 Å². The van der Waals surface area contributed by atoms with E-state index in [4.69, 9.17) is 4.42 Å². The molecule has 0 aliphatic heterocycles. The van der Waals surface area contributed by atoms with E-state index in [1.165, 1.54) is 19.3 Å². The van der Waals surface area contributed by atoms with Gasteiger partial charge in [0.1, 0.15) is 6.26 Å². The predicted octanol–water partition coefficient (Wildman–Crippen LogP) is 3.97. The third-order valence-corrected chi connectivity index (χ3v) is 5.96. The first-order valence-corrected chi connectivity index (χ1v) is 9.93. The molecular weight excluding hydrogens is 455 g/mol. The van der Waals surface area contributed by atoms with Crippen LogP contribution in [0.3, 0.4) is 0 Å². The Morgan fingerprint density at radius 1 is 1.50 bits per heavy atom. The minimum Gasteiger partial charge on any atom is -0.443 e. The first-order valence-electron chi connectivity index (χ1n) is 7.76. The van der Waals surface area contributed by atoms with Gasteiger partial charge in [-0.1, -0.05) is 6.07 Å². The largest absolute Gasteiger partial charge is 0.443 e. The summed E-state index contributed by atoms with van der Waals surface area (Å²) in [7, 11) is 1.80. The summed E-state index contributed by atoms with van der Waals surface area (Å²) in [5.41, 5.74) is 0.879. The van der Waals surface area contributed by atoms with E-state index in [9.17, 15) is 0 Å². The molecule has 1 fully saturated rings. The van der Waals surface area contributed by atoms with Crippen LogP contribution in [0.1, 0.15) is 25.0 Å². The van der Waals surface area contributed by atoms with Crippen molar-refractivity contribution < 1.29 is 4.42 Å². The molecule has 0 radical (unpaired) electrons. The lowest BCUT2D eigenvalue weighted by molar-refractivity contribution is 0.573. The molecule has 2 unspecified atom stereocenters. The number of aromatic nitrogens is 1. The molecule has 2 atom stereocenters. The Labute approximate surface area is 168 Å². The first kappa shape index (κ1) is 19.6. The normalized spacial score (nSPS) is 20.7. The summed E-state index contributed by atoms with van der Waals surface area (Å²) in [5.74, 6) is 1.51. The molecule has 5 nitrogen and oxygen atoms in total. The zero-order chi connectivity index (χ0) is 16.1. The lowest BCUT2D eigenvalue weighted by atomic mass is 10.2. The van der Waals surface area contributed by atoms with Crippen LogP contribution in [0.4, 0.5) is 0 Å². The Morgan fingerprint density at radius 2 is 2.38 bits per heavy atom. The average molecular weight is 478 g/mol. The van der Waals surface area contributed by atoms with Crippen molar-refractivity contribution in [1.82, 2.24) is 15.6 Å². The molecule has 2 N–H and O–H groups in total. The summed E-state index contributed by atoms with van der Waals surface area (Å²) in [6, 6.07) is 4.52. The van der Waals surface area contributed by atoms with Gasteiger partial charge in [0.25, 0.3) is 0 Å². The van der Waals surface area contributed by atoms with Crippen molar-refractivity contribution in [3.8, 4) is 10.8 Å². The van der Waals surface area contributed by atoms with E-state index in [-0.39, 0.29) is 24.0 Å². The topological polar surface area (TPSA) is 62.5 Å². The molecule has 24 heavy (non-hydrogen) atoms. The van der Waals surface area contributed by atoms with E-state index in [0.29, 0.717) is 18.5 Å². The molecule has 2 aromatic heterocycles. The zero-order valence-electron chi connectivity index (χ0n) is 13.8. The van der Waals surface area contributed by atoms with Crippen LogP contribution in [0, 0.1) is 0 Å². The van der Waals surface area contributed by atoms with Gasteiger partial charge in [-0.2, -0.15) is 11.8 Å². The number of thioether (sulfide) groups is 1. The van der Waals surface area contributed by atoms with Crippen LogP contribution < -0.4 is 10.6 Å². The van der Waals surface area contributed by atoms with Gasteiger partial charge in [-0.3, -0.25) is 4.99 Å². The third kappa shape index (κ3) is 5.13. The van der Waals surface area contributed by atoms with Crippen molar-refractivity contribution in [2.75, 3.05) is 13.3 Å². The number of rotatable bonds is 5. The fourth-order valence-electron chi connectivity index (χ4n) is 2.75. The Morgan fingerprint density at radius 3 is 3.04 bits per heavy atom. The van der Waals surface area contributed by atoms with Gasteiger partial charge in [0.05, 0.1) is 17.1 Å². The van der Waals surface area contributed by atoms with Crippen LogP contribution in [0.2, 0.25) is 0 Å². The zero-order valence-corrected chi connectivity index (χ0v) is 17.8. The molecule has 3 rings (SSSR count). The van der Waals surface area contributed by atoms with Gasteiger partial charge in [-0.25, -0.2) is 4.98 Å². The van der Waals surface area contributed by atoms with Crippen molar-refractivity contribution in [2.24, 2.45) is 4.99 Å². The third-order valence-electron chi connectivity index (χ3n) is 4.00. The highest BCUT2D eigenvalue weighted by Crippen LogP contribution is 2.28. The number of guanidine groups is 1. The number of nitrogens with one attached hydrogen (secondary N) is 2. The summed E-state index contributed by atoms with van der Waals surface area (Å²) >= 11 is 3.59. The number of thiophene rings is 1. The highest BCUT2D eigenvalue weighted by atomic mass is 127.